The molecule has 2 aromatic heterocycles. The van der Waals surface area contributed by atoms with Gasteiger partial charge in [-0.25, -0.2) is 41.0 Å². The van der Waals surface area contributed by atoms with E-state index in [1.165, 1.54) is 37.0 Å². The molecule has 15 heteroatoms. The van der Waals surface area contributed by atoms with E-state index >= 15 is 4.39 Å². The molecule has 0 bridgehead atoms. The number of H-pyrrole nitrogens is 1. The van der Waals surface area contributed by atoms with E-state index in [1.807, 2.05) is 0 Å². The molecule has 3 aromatic rings. The van der Waals surface area contributed by atoms with Crippen LogP contribution in [0.3, 0.4) is 0 Å². The Bertz CT molecular complexity index is 1440. The van der Waals surface area contributed by atoms with E-state index in [0.717, 1.165) is 0 Å². The molecule has 1 fully saturated rings. The van der Waals surface area contributed by atoms with E-state index in [2.05, 4.69) is 30.7 Å². The summed E-state index contributed by atoms with van der Waals surface area (Å²) in [5, 5.41) is 9.10. The summed E-state index contributed by atoms with van der Waals surface area (Å²) in [5.41, 5.74) is -2.32. The maximum Gasteiger partial charge on any atom is 0.289 e. The molecule has 2 heterocycles. The van der Waals surface area contributed by atoms with Crippen molar-refractivity contribution in [3.8, 4) is 0 Å². The maximum absolute atomic E-state index is 15.9. The minimum atomic E-state index is -2.96. The fourth-order valence-corrected chi connectivity index (χ4v) is 5.27. The normalized spacial score (nSPS) is 17.4. The van der Waals surface area contributed by atoms with Gasteiger partial charge in [0.05, 0.1) is 24.0 Å². The highest BCUT2D eigenvalue weighted by molar-refractivity contribution is 5.91. The largest absolute Gasteiger partial charge is 0.352 e. The predicted molar refractivity (Wildman–Crippen MR) is 145 cm³/mol. The fourth-order valence-electron chi connectivity index (χ4n) is 5.27. The Morgan fingerprint density at radius 2 is 1.86 bits per heavy atom. The van der Waals surface area contributed by atoms with Crippen LogP contribution >= 0.6 is 0 Å². The Kier molecular flexibility index (Phi) is 9.40. The first-order chi connectivity index (χ1) is 20.1. The summed E-state index contributed by atoms with van der Waals surface area (Å²) in [6, 6.07) is 1.37. The first-order valence-corrected chi connectivity index (χ1v) is 14.1. The van der Waals surface area contributed by atoms with Crippen LogP contribution < -0.4 is 10.6 Å². The standard InChI is InChI=1S/C28H35F6N7O2/c1-14(2)41-24(36-13-37-41)26(43)40-21(15-7-9-28(33,34)10-8-15)23-38-18-6-5-16(20(31)22(18)39-23)17(11-19(29)30)25(42)35-12-27(3,4)32/h5-6,13-15,17,19,21H,7-12H2,1-4H3,(H,35,42)(H,38,39)(H,40,43). The molecular weight excluding hydrogens is 580 g/mol. The molecule has 9 nitrogen and oxygen atoms in total. The Balaban J connectivity index is 1.70. The molecule has 1 aliphatic rings. The lowest BCUT2D eigenvalue weighted by Gasteiger charge is -2.33. The molecule has 0 spiro atoms. The number of amides is 2. The van der Waals surface area contributed by atoms with Crippen LogP contribution in [0.4, 0.5) is 26.3 Å². The summed E-state index contributed by atoms with van der Waals surface area (Å²) in [5.74, 6) is -7.58. The summed E-state index contributed by atoms with van der Waals surface area (Å²) in [4.78, 5) is 37.3. The van der Waals surface area contributed by atoms with Crippen LogP contribution in [0.15, 0.2) is 18.5 Å². The van der Waals surface area contributed by atoms with Gasteiger partial charge in [0.2, 0.25) is 24.1 Å². The molecular formula is C28H35F6N7O2. The number of hydrogen-bond acceptors (Lipinski definition) is 5. The lowest BCUT2D eigenvalue weighted by atomic mass is 9.81. The van der Waals surface area contributed by atoms with Gasteiger partial charge in [0, 0.05) is 30.9 Å². The first kappa shape index (κ1) is 32.3. The number of hydrogen-bond donors (Lipinski definition) is 3. The number of alkyl halides is 5. The van der Waals surface area contributed by atoms with Crippen LogP contribution in [-0.2, 0) is 4.79 Å². The van der Waals surface area contributed by atoms with Crippen molar-refractivity contribution in [1.29, 1.82) is 0 Å². The third kappa shape index (κ3) is 7.66. The van der Waals surface area contributed by atoms with Crippen molar-refractivity contribution in [2.45, 2.75) is 95.8 Å². The van der Waals surface area contributed by atoms with Crippen LogP contribution in [0.1, 0.15) is 99.8 Å². The monoisotopic (exact) mass is 615 g/mol. The van der Waals surface area contributed by atoms with Crippen molar-refractivity contribution < 1.29 is 35.9 Å². The molecule has 0 aliphatic heterocycles. The minimum Gasteiger partial charge on any atom is -0.352 e. The number of aromatic amines is 1. The number of carbonyl (C=O) groups excluding carboxylic acids is 2. The highest BCUT2D eigenvalue weighted by atomic mass is 19.3. The molecule has 1 aliphatic carbocycles. The lowest BCUT2D eigenvalue weighted by molar-refractivity contribution is -0.124. The average molecular weight is 616 g/mol. The van der Waals surface area contributed by atoms with Gasteiger partial charge in [0.25, 0.3) is 5.91 Å². The van der Waals surface area contributed by atoms with Gasteiger partial charge in [-0.05, 0) is 52.5 Å². The van der Waals surface area contributed by atoms with E-state index in [9.17, 15) is 31.5 Å². The van der Waals surface area contributed by atoms with E-state index in [4.69, 9.17) is 0 Å². The summed E-state index contributed by atoms with van der Waals surface area (Å²) >= 11 is 0. The van der Waals surface area contributed by atoms with E-state index in [0.29, 0.717) is 0 Å². The van der Waals surface area contributed by atoms with Crippen LogP contribution in [0.25, 0.3) is 11.0 Å². The van der Waals surface area contributed by atoms with Gasteiger partial charge in [-0.15, -0.1) is 0 Å². The van der Waals surface area contributed by atoms with Gasteiger partial charge in [-0.1, -0.05) is 6.07 Å². The van der Waals surface area contributed by atoms with Gasteiger partial charge in [0.15, 0.2) is 5.82 Å². The first-order valence-electron chi connectivity index (χ1n) is 14.1. The van der Waals surface area contributed by atoms with Gasteiger partial charge in [-0.2, -0.15) is 5.10 Å². The summed E-state index contributed by atoms with van der Waals surface area (Å²) in [6.45, 7) is 5.53. The quantitative estimate of drug-likeness (QED) is 0.237. The third-order valence-corrected chi connectivity index (χ3v) is 7.51. The smallest absolute Gasteiger partial charge is 0.289 e. The molecule has 0 saturated heterocycles. The van der Waals surface area contributed by atoms with E-state index in [1.54, 1.807) is 13.8 Å². The molecule has 1 saturated carbocycles. The molecule has 2 amide bonds. The number of benzene rings is 1. The molecule has 43 heavy (non-hydrogen) atoms. The molecule has 0 radical (unpaired) electrons. The van der Waals surface area contributed by atoms with Crippen molar-refractivity contribution in [1.82, 2.24) is 35.4 Å². The number of halogens is 6. The van der Waals surface area contributed by atoms with Gasteiger partial charge in [-0.3, -0.25) is 9.59 Å². The number of carbonyl (C=O) groups is 2. The van der Waals surface area contributed by atoms with E-state index < -0.39 is 79.3 Å². The maximum atomic E-state index is 15.9. The molecule has 4 rings (SSSR count). The van der Waals surface area contributed by atoms with Crippen molar-refractivity contribution in [3.05, 3.63) is 41.5 Å². The van der Waals surface area contributed by atoms with Crippen LogP contribution in [-0.4, -0.2) is 61.1 Å². The SMILES string of the molecule is CC(C)n1ncnc1C(=O)NC(c1nc2c(F)c(C(CC(F)F)C(=O)NCC(C)(C)F)ccc2[nH]1)C1CCC(F)(F)CC1. The van der Waals surface area contributed by atoms with Crippen molar-refractivity contribution in [3.63, 3.8) is 0 Å². The van der Waals surface area contributed by atoms with Gasteiger partial charge < -0.3 is 15.6 Å². The second-order valence-corrected chi connectivity index (χ2v) is 11.9. The summed E-state index contributed by atoms with van der Waals surface area (Å²) < 4.78 is 86.1. The third-order valence-electron chi connectivity index (χ3n) is 7.51. The fraction of sp³-hybridized carbons (Fsp3) is 0.607. The van der Waals surface area contributed by atoms with E-state index in [-0.39, 0.29) is 47.1 Å². The van der Waals surface area contributed by atoms with Crippen molar-refractivity contribution in [2.24, 2.45) is 5.92 Å². The summed E-state index contributed by atoms with van der Waals surface area (Å²) in [6.07, 6.45) is -3.50. The highest BCUT2D eigenvalue weighted by Crippen LogP contribution is 2.41. The van der Waals surface area contributed by atoms with Gasteiger partial charge in [0.1, 0.15) is 23.3 Å². The topological polar surface area (TPSA) is 118 Å². The Labute approximate surface area is 244 Å². The number of nitrogens with zero attached hydrogens (tertiary/aromatic N) is 4. The van der Waals surface area contributed by atoms with Crippen molar-refractivity contribution >= 4 is 22.8 Å². The molecule has 1 aromatic carbocycles. The van der Waals surface area contributed by atoms with Crippen LogP contribution in [0.5, 0.6) is 0 Å². The average Bonchev–Trinajstić information content (AvgIpc) is 3.57. The second-order valence-electron chi connectivity index (χ2n) is 11.9. The molecule has 2 atom stereocenters. The molecule has 2 unspecified atom stereocenters. The number of fused-ring (bicyclic) bond motifs is 1. The Morgan fingerprint density at radius 3 is 2.47 bits per heavy atom. The Hall–Kier alpha value is -3.65. The molecule has 3 N–H and O–H groups in total. The number of nitrogens with one attached hydrogen (secondary N) is 3. The number of imidazole rings is 1. The zero-order chi connectivity index (χ0) is 31.7. The zero-order valence-corrected chi connectivity index (χ0v) is 24.2. The Morgan fingerprint density at radius 1 is 1.19 bits per heavy atom. The number of aromatic nitrogens is 5. The minimum absolute atomic E-state index is 0.0111. The second kappa shape index (κ2) is 12.5. The number of rotatable bonds is 11. The lowest BCUT2D eigenvalue weighted by Crippen LogP contribution is -2.39. The zero-order valence-electron chi connectivity index (χ0n) is 24.2. The van der Waals surface area contributed by atoms with Crippen LogP contribution in [0, 0.1) is 11.7 Å². The van der Waals surface area contributed by atoms with Crippen LogP contribution in [0.2, 0.25) is 0 Å². The summed E-state index contributed by atoms with van der Waals surface area (Å²) in [7, 11) is 0. The van der Waals surface area contributed by atoms with Crippen molar-refractivity contribution in [2.75, 3.05) is 6.54 Å². The highest BCUT2D eigenvalue weighted by Gasteiger charge is 2.40. The predicted octanol–water partition coefficient (Wildman–Crippen LogP) is 5.77. The molecule has 236 valence electrons. The van der Waals surface area contributed by atoms with Gasteiger partial charge >= 0.3 is 0 Å².